The monoisotopic (exact) mass is 494 g/mol. The minimum absolute atomic E-state index is 0.329. The molecule has 0 aliphatic carbocycles. The zero-order chi connectivity index (χ0) is 24.9. The van der Waals surface area contributed by atoms with Crippen LogP contribution < -0.4 is 14.4 Å². The average molecular weight is 494 g/mol. The molecule has 34 heavy (non-hydrogen) atoms. The topological polar surface area (TPSA) is 60.4 Å². The Balaban J connectivity index is 2.10. The van der Waals surface area contributed by atoms with Crippen molar-refractivity contribution in [2.24, 2.45) is 0 Å². The lowest BCUT2D eigenvalue weighted by atomic mass is 10.2. The van der Waals surface area contributed by atoms with Gasteiger partial charge in [-0.1, -0.05) is 36.4 Å². The van der Waals surface area contributed by atoms with Crippen molar-refractivity contribution < 1.29 is 44.6 Å². The Bertz CT molecular complexity index is 1040. The summed E-state index contributed by atoms with van der Waals surface area (Å²) in [5, 5.41) is 0. The van der Waals surface area contributed by atoms with Crippen LogP contribution in [0.4, 0.5) is 52.4 Å². The highest BCUT2D eigenvalue weighted by Crippen LogP contribution is 2.34. The molecule has 0 fully saturated rings. The number of anilines is 3. The Morgan fingerprint density at radius 3 is 1.68 bits per heavy atom. The minimum atomic E-state index is -5.06. The second-order valence-electron chi connectivity index (χ2n) is 6.52. The van der Waals surface area contributed by atoms with Crippen LogP contribution in [0.1, 0.15) is 0 Å². The molecular weight excluding hydrogens is 480 g/mol. The van der Waals surface area contributed by atoms with Gasteiger partial charge in [0.2, 0.25) is 5.95 Å². The van der Waals surface area contributed by atoms with E-state index >= 15 is 0 Å². The van der Waals surface area contributed by atoms with Gasteiger partial charge >= 0.3 is 36.9 Å². The number of alkyl halides is 8. The van der Waals surface area contributed by atoms with Gasteiger partial charge in [-0.3, -0.25) is 4.90 Å². The Kier molecular flexibility index (Phi) is 7.37. The van der Waals surface area contributed by atoms with Crippen LogP contribution in [0.3, 0.4) is 0 Å². The molecule has 0 unspecified atom stereocenters. The maximum absolute atomic E-state index is 13.5. The first-order valence-electron chi connectivity index (χ1n) is 9.29. The molecule has 0 spiro atoms. The van der Waals surface area contributed by atoms with Crippen LogP contribution in [0.2, 0.25) is 0 Å². The summed E-state index contributed by atoms with van der Waals surface area (Å²) in [6.45, 7) is -1.94. The number of para-hydroxylation sites is 2. The fraction of sp³-hybridized carbons (Fsp3) is 0.250. The molecule has 0 bridgehead atoms. The first-order valence-corrected chi connectivity index (χ1v) is 9.29. The van der Waals surface area contributed by atoms with Crippen molar-refractivity contribution in [3.63, 3.8) is 0 Å². The van der Waals surface area contributed by atoms with Crippen LogP contribution in [0.5, 0.6) is 12.0 Å². The van der Waals surface area contributed by atoms with Crippen molar-refractivity contribution in [1.82, 2.24) is 15.0 Å². The Labute approximate surface area is 186 Å². The van der Waals surface area contributed by atoms with Gasteiger partial charge in [-0.05, 0) is 24.3 Å². The van der Waals surface area contributed by atoms with E-state index in [0.29, 0.717) is 11.4 Å². The molecule has 0 saturated carbocycles. The number of ether oxygens (including phenoxy) is 2. The van der Waals surface area contributed by atoms with Crippen LogP contribution in [0.25, 0.3) is 0 Å². The molecule has 0 amide bonds. The minimum Gasteiger partial charge on any atom is -0.457 e. The third-order valence-electron chi connectivity index (χ3n) is 4.01. The zero-order valence-corrected chi connectivity index (χ0v) is 16.8. The van der Waals surface area contributed by atoms with E-state index in [2.05, 4.69) is 24.4 Å². The quantitative estimate of drug-likeness (QED) is 0.329. The largest absolute Gasteiger partial charge is 0.463 e. The molecule has 14 heteroatoms. The maximum atomic E-state index is 13.5. The average Bonchev–Trinajstić information content (AvgIpc) is 2.79. The number of hydrogen-bond acceptors (Lipinski definition) is 6. The first kappa shape index (κ1) is 24.9. The second kappa shape index (κ2) is 10.1. The summed E-state index contributed by atoms with van der Waals surface area (Å²) in [6.07, 6.45) is -13.5. The van der Waals surface area contributed by atoms with E-state index in [1.165, 1.54) is 29.2 Å². The van der Waals surface area contributed by atoms with Crippen molar-refractivity contribution in [3.05, 3.63) is 60.7 Å². The zero-order valence-electron chi connectivity index (χ0n) is 16.8. The van der Waals surface area contributed by atoms with Gasteiger partial charge < -0.3 is 9.47 Å². The molecule has 1 heterocycles. The van der Waals surface area contributed by atoms with Crippen LogP contribution in [-0.4, -0.2) is 46.4 Å². The molecule has 3 aromatic rings. The number of nitrogens with zero attached hydrogens (tertiary/aromatic N) is 4. The van der Waals surface area contributed by atoms with E-state index in [4.69, 9.17) is 0 Å². The fourth-order valence-electron chi connectivity index (χ4n) is 2.46. The van der Waals surface area contributed by atoms with Crippen LogP contribution in [-0.2, 0) is 0 Å². The number of benzene rings is 2. The first-order chi connectivity index (χ1) is 16.0. The van der Waals surface area contributed by atoms with Crippen LogP contribution >= 0.6 is 0 Å². The lowest BCUT2D eigenvalue weighted by Gasteiger charge is -2.24. The number of halogens is 8. The third-order valence-corrected chi connectivity index (χ3v) is 4.01. The summed E-state index contributed by atoms with van der Waals surface area (Å²) in [5.41, 5.74) is 0.658. The van der Waals surface area contributed by atoms with Crippen LogP contribution in [0, 0.1) is 0 Å². The SMILES string of the molecule is FC(F)C(F)(F)COc1nc(OC(F)(F)C(F)F)nc(N(c2ccccc2)c2ccccc2)n1. The summed E-state index contributed by atoms with van der Waals surface area (Å²) >= 11 is 0. The van der Waals surface area contributed by atoms with Crippen molar-refractivity contribution in [1.29, 1.82) is 0 Å². The van der Waals surface area contributed by atoms with Gasteiger partial charge in [-0.2, -0.15) is 36.3 Å². The van der Waals surface area contributed by atoms with Gasteiger partial charge in [0.15, 0.2) is 6.61 Å². The van der Waals surface area contributed by atoms with E-state index in [1.54, 1.807) is 36.4 Å². The summed E-state index contributed by atoms with van der Waals surface area (Å²) in [7, 11) is 0. The second-order valence-corrected chi connectivity index (χ2v) is 6.52. The lowest BCUT2D eigenvalue weighted by molar-refractivity contribution is -0.256. The third kappa shape index (κ3) is 5.99. The number of hydrogen-bond donors (Lipinski definition) is 0. The summed E-state index contributed by atoms with van der Waals surface area (Å²) < 4.78 is 112. The van der Waals surface area contributed by atoms with Crippen molar-refractivity contribution >= 4 is 17.3 Å². The molecule has 0 atom stereocenters. The van der Waals surface area contributed by atoms with E-state index in [1.807, 2.05) is 0 Å². The maximum Gasteiger partial charge on any atom is 0.463 e. The van der Waals surface area contributed by atoms with E-state index in [-0.39, 0.29) is 0 Å². The molecule has 6 nitrogen and oxygen atoms in total. The summed E-state index contributed by atoms with van der Waals surface area (Å²) in [6, 6.07) is 13.3. The summed E-state index contributed by atoms with van der Waals surface area (Å²) in [5.74, 6) is -5.21. The molecule has 0 aliphatic rings. The molecular formula is C20H14F8N4O2. The molecule has 3 rings (SSSR count). The Morgan fingerprint density at radius 1 is 0.706 bits per heavy atom. The molecule has 1 aromatic heterocycles. The molecule has 0 N–H and O–H groups in total. The molecule has 0 aliphatic heterocycles. The van der Waals surface area contributed by atoms with E-state index in [9.17, 15) is 35.1 Å². The predicted octanol–water partition coefficient (Wildman–Crippen LogP) is 5.86. The van der Waals surface area contributed by atoms with E-state index in [0.717, 1.165) is 0 Å². The standard InChI is InChI=1S/C20H14F8N4O2/c21-14(22)19(25,26)11-33-17-29-16(30-18(31-17)34-20(27,28)15(23)24)32(12-7-3-1-4-8-12)13-9-5-2-6-10-13/h1-10,14-15H,11H2. The molecule has 2 aromatic carbocycles. The number of rotatable bonds is 10. The van der Waals surface area contributed by atoms with Gasteiger partial charge in [0.25, 0.3) is 0 Å². The fourth-order valence-corrected chi connectivity index (χ4v) is 2.46. The van der Waals surface area contributed by atoms with Gasteiger partial charge in [0, 0.05) is 11.4 Å². The number of aromatic nitrogens is 3. The normalized spacial score (nSPS) is 12.2. The van der Waals surface area contributed by atoms with Gasteiger partial charge in [0.1, 0.15) is 0 Å². The predicted molar refractivity (Wildman–Crippen MR) is 103 cm³/mol. The highest BCUT2D eigenvalue weighted by atomic mass is 19.3. The molecule has 0 radical (unpaired) electrons. The van der Waals surface area contributed by atoms with Crippen molar-refractivity contribution in [2.45, 2.75) is 24.9 Å². The molecule has 0 saturated heterocycles. The highest BCUT2D eigenvalue weighted by Gasteiger charge is 2.45. The van der Waals surface area contributed by atoms with Gasteiger partial charge in [0.05, 0.1) is 0 Å². The summed E-state index contributed by atoms with van der Waals surface area (Å²) in [4.78, 5) is 11.7. The van der Waals surface area contributed by atoms with Gasteiger partial charge in [-0.25, -0.2) is 8.78 Å². The van der Waals surface area contributed by atoms with Crippen molar-refractivity contribution in [3.8, 4) is 12.0 Å². The van der Waals surface area contributed by atoms with Crippen molar-refractivity contribution in [2.75, 3.05) is 11.5 Å². The van der Waals surface area contributed by atoms with Gasteiger partial charge in [-0.15, -0.1) is 4.98 Å². The lowest BCUT2D eigenvalue weighted by Crippen LogP contribution is -2.35. The Hall–Kier alpha value is -3.71. The Morgan fingerprint density at radius 2 is 1.21 bits per heavy atom. The smallest absolute Gasteiger partial charge is 0.457 e. The highest BCUT2D eigenvalue weighted by molar-refractivity contribution is 5.72. The van der Waals surface area contributed by atoms with Crippen LogP contribution in [0.15, 0.2) is 60.7 Å². The molecule has 182 valence electrons. The van der Waals surface area contributed by atoms with E-state index < -0.39 is 49.5 Å².